The van der Waals surface area contributed by atoms with Gasteiger partial charge in [0, 0.05) is 56.1 Å². The number of carbonyl (C=O) groups excluding carboxylic acids is 2. The molecular weight excluding hydrogens is 778 g/mol. The molecule has 13 nitrogen and oxygen atoms in total. The summed E-state index contributed by atoms with van der Waals surface area (Å²) in [5, 5.41) is 28.6. The molecule has 0 radical (unpaired) electrons. The number of likely N-dealkylation sites (tertiary alicyclic amines) is 1. The van der Waals surface area contributed by atoms with E-state index in [1.54, 1.807) is 18.2 Å². The molecule has 2 fully saturated rings. The lowest BCUT2D eigenvalue weighted by Gasteiger charge is -2.47. The molecule has 4 N–H and O–H groups in total. The van der Waals surface area contributed by atoms with E-state index in [2.05, 4.69) is 34.4 Å². The van der Waals surface area contributed by atoms with Gasteiger partial charge in [-0.15, -0.1) is 11.3 Å². The van der Waals surface area contributed by atoms with Crippen LogP contribution in [0.5, 0.6) is 11.5 Å². The molecule has 2 aromatic carbocycles. The number of fused-ring (bicyclic) bond motifs is 1. The third-order valence-corrected chi connectivity index (χ3v) is 12.0. The van der Waals surface area contributed by atoms with Crippen LogP contribution >= 0.6 is 11.3 Å². The Morgan fingerprint density at radius 2 is 1.90 bits per heavy atom. The standard InChI is InChI=1S/C41H55F3N6O7S/c1-27(2)39-46-31(25-58-39)40(54)50-18-21-57-41(26-50)11-15-48(16-12-41)22-30-5-3-4-28(36(30)44)9-19-55-20-10-35(53)49(23-33(42)43)17-14-45-13-8-29-6-7-32(51)37-38(29)56-24-34(52)47-37/h3-7,25,27,33-34,45,47,51-52H,8-24,26H2,1-2H3. The van der Waals surface area contributed by atoms with Gasteiger partial charge in [0.2, 0.25) is 5.91 Å². The van der Waals surface area contributed by atoms with Crippen LogP contribution in [0.1, 0.15) is 71.2 Å². The number of aromatic hydroxyl groups is 1. The molecule has 318 valence electrons. The van der Waals surface area contributed by atoms with Gasteiger partial charge < -0.3 is 44.9 Å². The summed E-state index contributed by atoms with van der Waals surface area (Å²) in [4.78, 5) is 35.9. The van der Waals surface area contributed by atoms with Crippen LogP contribution in [-0.2, 0) is 33.7 Å². The number of ether oxygens (including phenoxy) is 3. The maximum absolute atomic E-state index is 15.6. The van der Waals surface area contributed by atoms with Crippen LogP contribution in [0.4, 0.5) is 18.9 Å². The summed E-state index contributed by atoms with van der Waals surface area (Å²) in [6.45, 7) is 7.84. The number of benzene rings is 2. The Kier molecular flexibility index (Phi) is 15.3. The van der Waals surface area contributed by atoms with Gasteiger partial charge in [0.15, 0.2) is 6.23 Å². The number of carbonyl (C=O) groups is 2. The quantitative estimate of drug-likeness (QED) is 0.105. The number of halogens is 3. The van der Waals surface area contributed by atoms with E-state index in [0.717, 1.165) is 28.3 Å². The zero-order valence-corrected chi connectivity index (χ0v) is 34.0. The van der Waals surface area contributed by atoms with Gasteiger partial charge in [0.25, 0.3) is 12.3 Å². The Balaban J connectivity index is 0.894. The van der Waals surface area contributed by atoms with Crippen molar-refractivity contribution in [1.29, 1.82) is 0 Å². The SMILES string of the molecule is CC(C)c1nc(C(=O)N2CCOC3(CCN(Cc4cccc(CCOCCC(=O)N(CCNCCc5ccc(O)c6c5OCC(O)N6)CC(F)F)c4F)CC3)C2)cs1. The number of nitrogens with one attached hydrogen (secondary N) is 2. The van der Waals surface area contributed by atoms with E-state index in [0.29, 0.717) is 87.0 Å². The Bertz CT molecular complexity index is 1840. The smallest absolute Gasteiger partial charge is 0.273 e. The monoisotopic (exact) mass is 832 g/mol. The molecule has 1 aromatic heterocycles. The van der Waals surface area contributed by atoms with Crippen molar-refractivity contribution in [1.82, 2.24) is 25.0 Å². The highest BCUT2D eigenvalue weighted by molar-refractivity contribution is 7.09. The summed E-state index contributed by atoms with van der Waals surface area (Å²) in [6.07, 6.45) is -1.44. The van der Waals surface area contributed by atoms with E-state index in [9.17, 15) is 28.6 Å². The second-order valence-electron chi connectivity index (χ2n) is 15.4. The Hall–Kier alpha value is -4.00. The Morgan fingerprint density at radius 3 is 2.66 bits per heavy atom. The number of aliphatic hydroxyl groups excluding tert-OH is 1. The molecule has 0 saturated carbocycles. The van der Waals surface area contributed by atoms with Crippen LogP contribution in [-0.4, -0.2) is 139 Å². The largest absolute Gasteiger partial charge is 0.506 e. The highest BCUT2D eigenvalue weighted by atomic mass is 32.1. The molecule has 4 heterocycles. The van der Waals surface area contributed by atoms with Gasteiger partial charge in [-0.3, -0.25) is 14.5 Å². The molecule has 6 rings (SSSR count). The molecular formula is C41H55F3N6O7S. The number of thiazole rings is 1. The first-order chi connectivity index (χ1) is 27.9. The predicted molar refractivity (Wildman–Crippen MR) is 213 cm³/mol. The van der Waals surface area contributed by atoms with Crippen LogP contribution in [0.15, 0.2) is 35.7 Å². The van der Waals surface area contributed by atoms with E-state index >= 15 is 4.39 Å². The average molecular weight is 833 g/mol. The number of aromatic nitrogens is 1. The molecule has 3 aromatic rings. The van der Waals surface area contributed by atoms with Gasteiger partial charge in [0.1, 0.15) is 35.3 Å². The van der Waals surface area contributed by atoms with E-state index in [4.69, 9.17) is 14.2 Å². The highest BCUT2D eigenvalue weighted by Gasteiger charge is 2.41. The van der Waals surface area contributed by atoms with Crippen molar-refractivity contribution in [3.05, 3.63) is 68.9 Å². The number of anilines is 1. The third-order valence-electron chi connectivity index (χ3n) is 10.8. The zero-order chi connectivity index (χ0) is 41.2. The van der Waals surface area contributed by atoms with Crippen molar-refractivity contribution in [2.45, 2.75) is 76.7 Å². The maximum Gasteiger partial charge on any atom is 0.273 e. The zero-order valence-electron chi connectivity index (χ0n) is 33.2. The molecule has 1 unspecified atom stereocenters. The number of amides is 2. The minimum absolute atomic E-state index is 0.0192. The van der Waals surface area contributed by atoms with E-state index in [1.165, 1.54) is 17.4 Å². The van der Waals surface area contributed by atoms with Gasteiger partial charge in [0.05, 0.1) is 49.9 Å². The van der Waals surface area contributed by atoms with Crippen LogP contribution in [0.3, 0.4) is 0 Å². The topological polar surface area (TPSA) is 149 Å². The number of rotatable bonds is 18. The predicted octanol–water partition coefficient (Wildman–Crippen LogP) is 4.62. The van der Waals surface area contributed by atoms with Gasteiger partial charge in [-0.05, 0) is 49.4 Å². The lowest BCUT2D eigenvalue weighted by atomic mass is 9.89. The molecule has 2 amide bonds. The second kappa shape index (κ2) is 20.3. The van der Waals surface area contributed by atoms with Gasteiger partial charge >= 0.3 is 0 Å². The number of phenols is 1. The first-order valence-corrected chi connectivity index (χ1v) is 20.9. The van der Waals surface area contributed by atoms with Crippen molar-refractivity contribution in [2.24, 2.45) is 0 Å². The minimum Gasteiger partial charge on any atom is -0.506 e. The number of phenolic OH excluding ortho intramolecular Hbond substituents is 1. The van der Waals surface area contributed by atoms with E-state index in [-0.39, 0.29) is 62.7 Å². The fourth-order valence-electron chi connectivity index (χ4n) is 7.58. The Morgan fingerprint density at radius 1 is 1.10 bits per heavy atom. The fourth-order valence-corrected chi connectivity index (χ4v) is 8.39. The van der Waals surface area contributed by atoms with Crippen molar-refractivity contribution < 1.29 is 47.2 Å². The maximum atomic E-state index is 15.6. The first-order valence-electron chi connectivity index (χ1n) is 20.1. The van der Waals surface area contributed by atoms with Gasteiger partial charge in [-0.1, -0.05) is 38.1 Å². The van der Waals surface area contributed by atoms with Crippen molar-refractivity contribution in [3.63, 3.8) is 0 Å². The first kappa shape index (κ1) is 43.6. The number of hydrogen-bond acceptors (Lipinski definition) is 12. The lowest BCUT2D eigenvalue weighted by Crippen LogP contribution is -2.58. The number of morpholine rings is 1. The number of hydrogen-bond donors (Lipinski definition) is 4. The summed E-state index contributed by atoms with van der Waals surface area (Å²) in [7, 11) is 0. The van der Waals surface area contributed by atoms with Gasteiger partial charge in [-0.25, -0.2) is 18.2 Å². The summed E-state index contributed by atoms with van der Waals surface area (Å²) >= 11 is 1.51. The van der Waals surface area contributed by atoms with Crippen LogP contribution in [0.25, 0.3) is 0 Å². The number of nitrogens with zero attached hydrogens (tertiary/aromatic N) is 4. The molecule has 17 heteroatoms. The number of aliphatic hydroxyl groups is 1. The summed E-state index contributed by atoms with van der Waals surface area (Å²) in [5.41, 5.74) is 2.27. The van der Waals surface area contributed by atoms with Crippen molar-refractivity contribution in [2.75, 3.05) is 84.1 Å². The number of alkyl halides is 2. The molecule has 3 aliphatic rings. The lowest BCUT2D eigenvalue weighted by molar-refractivity contribution is -0.134. The Labute approximate surface area is 341 Å². The fraction of sp³-hybridized carbons (Fsp3) is 0.585. The highest BCUT2D eigenvalue weighted by Crippen LogP contribution is 2.40. The van der Waals surface area contributed by atoms with Crippen molar-refractivity contribution in [3.8, 4) is 11.5 Å². The normalized spacial score (nSPS) is 18.0. The average Bonchev–Trinajstić information content (AvgIpc) is 3.71. The molecule has 0 aliphatic carbocycles. The van der Waals surface area contributed by atoms with Crippen LogP contribution in [0, 0.1) is 5.82 Å². The molecule has 3 aliphatic heterocycles. The summed E-state index contributed by atoms with van der Waals surface area (Å²) < 4.78 is 59.9. The van der Waals surface area contributed by atoms with Crippen molar-refractivity contribution >= 4 is 28.8 Å². The second-order valence-corrected chi connectivity index (χ2v) is 16.3. The third kappa shape index (κ3) is 11.4. The molecule has 1 atom stereocenters. The molecule has 0 bridgehead atoms. The number of piperidine rings is 1. The minimum atomic E-state index is -2.69. The summed E-state index contributed by atoms with van der Waals surface area (Å²) in [5.74, 6) is -0.123. The van der Waals surface area contributed by atoms with E-state index < -0.39 is 30.7 Å². The molecule has 1 spiro atoms. The van der Waals surface area contributed by atoms with E-state index in [1.807, 2.05) is 16.3 Å². The summed E-state index contributed by atoms with van der Waals surface area (Å²) in [6, 6.07) is 8.55. The van der Waals surface area contributed by atoms with Gasteiger partial charge in [-0.2, -0.15) is 0 Å². The molecule has 2 saturated heterocycles. The van der Waals surface area contributed by atoms with Crippen LogP contribution < -0.4 is 15.4 Å². The molecule has 58 heavy (non-hydrogen) atoms. The van der Waals surface area contributed by atoms with Crippen LogP contribution in [0.2, 0.25) is 0 Å².